The van der Waals surface area contributed by atoms with Crippen LogP contribution in [0.4, 0.5) is 0 Å². The Morgan fingerprint density at radius 2 is 0.400 bits per heavy atom. The molecule has 0 fully saturated rings. The van der Waals surface area contributed by atoms with Crippen molar-refractivity contribution in [1.29, 1.82) is 0 Å². The molecule has 0 aromatic carbocycles. The van der Waals surface area contributed by atoms with Crippen molar-refractivity contribution in [1.82, 2.24) is 0 Å². The summed E-state index contributed by atoms with van der Waals surface area (Å²) < 4.78 is 0. The van der Waals surface area contributed by atoms with Crippen molar-refractivity contribution in [3.63, 3.8) is 0 Å². The Kier molecular flexibility index (Phi) is 269. The van der Waals surface area contributed by atoms with Gasteiger partial charge in [-0.1, -0.05) is 0 Å². The van der Waals surface area contributed by atoms with Crippen molar-refractivity contribution in [2.24, 2.45) is 0 Å². The Morgan fingerprint density at radius 3 is 0.400 bits per heavy atom. The molecule has 0 saturated heterocycles. The van der Waals surface area contributed by atoms with Gasteiger partial charge in [0.2, 0.25) is 0 Å². The molecule has 0 aliphatic carbocycles. The van der Waals surface area contributed by atoms with Gasteiger partial charge in [-0.05, 0) is 0 Å². The summed E-state index contributed by atoms with van der Waals surface area (Å²) in [5.41, 5.74) is 0. The van der Waals surface area contributed by atoms with Crippen molar-refractivity contribution in [2.45, 2.75) is 0 Å². The van der Waals surface area contributed by atoms with Crippen molar-refractivity contribution >= 4 is 0 Å². The van der Waals surface area contributed by atoms with Gasteiger partial charge in [-0.15, -0.1) is 0 Å². The Labute approximate surface area is 98.9 Å². The van der Waals surface area contributed by atoms with Crippen LogP contribution in [0.15, 0.2) is 0 Å². The van der Waals surface area contributed by atoms with E-state index in [1.165, 1.54) is 0 Å². The van der Waals surface area contributed by atoms with Crippen LogP contribution in [0.5, 0.6) is 0 Å². The van der Waals surface area contributed by atoms with Crippen molar-refractivity contribution < 1.29 is 101 Å². The summed E-state index contributed by atoms with van der Waals surface area (Å²) in [4.78, 5) is 0. The van der Waals surface area contributed by atoms with Gasteiger partial charge in [0.25, 0.3) is 0 Å². The smallest absolute Gasteiger partial charge is 1.00 e. The quantitative estimate of drug-likeness (QED) is 0.325. The molecule has 0 aliphatic heterocycles. The number of hydrogen-bond donors (Lipinski definition) is 0. The maximum atomic E-state index is 0. The average Bonchev–Trinajstić information content (AvgIpc) is 0. The fourth-order valence-electron chi connectivity index (χ4n) is 0. The van der Waals surface area contributed by atoms with E-state index in [2.05, 4.69) is 0 Å². The van der Waals surface area contributed by atoms with Crippen LogP contribution >= 0.6 is 0 Å². The molecule has 0 atom stereocenters. The fraction of sp³-hybridized carbons (Fsp3) is 0. The first-order valence-electron chi connectivity index (χ1n) is 0. The molecule has 0 rings (SSSR count). The molecule has 0 saturated carbocycles. The van der Waals surface area contributed by atoms with Crippen LogP contribution in [0.2, 0.25) is 0 Å². The van der Waals surface area contributed by atoms with E-state index in [9.17, 15) is 0 Å². The van der Waals surface area contributed by atoms with Gasteiger partial charge in [0.1, 0.15) is 0 Å². The summed E-state index contributed by atoms with van der Waals surface area (Å²) in [7, 11) is 0. The maximum absolute atomic E-state index is 0. The van der Waals surface area contributed by atoms with E-state index in [0.29, 0.717) is 0 Å². The van der Waals surface area contributed by atoms with Gasteiger partial charge >= 0.3 is 51.4 Å². The predicted octanol–water partition coefficient (Wildman–Crippen LogP) is -15.0. The van der Waals surface area contributed by atoms with Crippen LogP contribution in [0.25, 0.3) is 0 Å². The van der Waals surface area contributed by atoms with Crippen molar-refractivity contribution in [2.75, 3.05) is 0 Å². The molecule has 0 radical (unpaired) electrons. The molecule has 0 heterocycles. The predicted molar refractivity (Wildman–Crippen MR) is 0 cm³/mol. The molecule has 0 amide bonds. The van der Waals surface area contributed by atoms with Gasteiger partial charge in [0.05, 0.1) is 0 Å². The molecular formula is Cl4K-3. The van der Waals surface area contributed by atoms with Crippen LogP contribution < -0.4 is 101 Å². The van der Waals surface area contributed by atoms with Crippen LogP contribution in [0, 0.1) is 0 Å². The van der Waals surface area contributed by atoms with Gasteiger partial charge in [0.15, 0.2) is 0 Å². The molecule has 5 heavy (non-hydrogen) atoms. The second-order valence-corrected chi connectivity index (χ2v) is 0. The molecular weight excluding hydrogens is 181 g/mol. The Morgan fingerprint density at radius 1 is 0.400 bits per heavy atom. The molecule has 0 aromatic heterocycles. The third kappa shape index (κ3) is 20.0. The molecule has 0 nitrogen and oxygen atoms in total. The molecule has 0 unspecified atom stereocenters. The molecule has 32 valence electrons. The summed E-state index contributed by atoms with van der Waals surface area (Å²) >= 11 is 0. The SMILES string of the molecule is [Cl-].[Cl-].[Cl-].[Cl-].[K+]. The van der Waals surface area contributed by atoms with Gasteiger partial charge in [-0.3, -0.25) is 0 Å². The molecule has 0 N–H and O–H groups in total. The first-order valence-corrected chi connectivity index (χ1v) is 0. The first kappa shape index (κ1) is 46.1. The van der Waals surface area contributed by atoms with E-state index in [1.807, 2.05) is 0 Å². The number of rotatable bonds is 0. The third-order valence-electron chi connectivity index (χ3n) is 0. The maximum Gasteiger partial charge on any atom is 1.00 e. The average molecular weight is 181 g/mol. The van der Waals surface area contributed by atoms with Crippen LogP contribution in [0.3, 0.4) is 0 Å². The number of hydrogen-bond acceptors (Lipinski definition) is 0. The third-order valence-corrected chi connectivity index (χ3v) is 0. The summed E-state index contributed by atoms with van der Waals surface area (Å²) in [6, 6.07) is 0. The van der Waals surface area contributed by atoms with E-state index < -0.39 is 0 Å². The van der Waals surface area contributed by atoms with E-state index in [4.69, 9.17) is 0 Å². The second-order valence-electron chi connectivity index (χ2n) is 0. The normalized spacial score (nSPS) is 0. The Hall–Kier alpha value is 2.80. The standard InChI is InChI=1S/4ClH.K/h4*1H;/q;;;;+1/p-4. The first-order chi connectivity index (χ1) is 0. The minimum atomic E-state index is 0. The summed E-state index contributed by atoms with van der Waals surface area (Å²) in [5, 5.41) is 0. The zero-order valence-electron chi connectivity index (χ0n) is 2.51. The van der Waals surface area contributed by atoms with Crippen LogP contribution in [-0.2, 0) is 0 Å². The minimum Gasteiger partial charge on any atom is -1.00 e. The van der Waals surface area contributed by atoms with Crippen LogP contribution in [-0.4, -0.2) is 0 Å². The van der Waals surface area contributed by atoms with E-state index >= 15 is 0 Å². The van der Waals surface area contributed by atoms with Crippen molar-refractivity contribution in [3.05, 3.63) is 0 Å². The van der Waals surface area contributed by atoms with Crippen LogP contribution in [0.1, 0.15) is 0 Å². The monoisotopic (exact) mass is 179 g/mol. The zero-order chi connectivity index (χ0) is 0. The van der Waals surface area contributed by atoms with Crippen molar-refractivity contribution in [3.8, 4) is 0 Å². The van der Waals surface area contributed by atoms with E-state index in [1.54, 1.807) is 0 Å². The Balaban J connectivity index is 0. The molecule has 0 spiro atoms. The molecule has 0 bridgehead atoms. The van der Waals surface area contributed by atoms with E-state index in [-0.39, 0.29) is 101 Å². The number of halogens is 4. The van der Waals surface area contributed by atoms with Gasteiger partial charge in [-0.25, -0.2) is 0 Å². The van der Waals surface area contributed by atoms with Gasteiger partial charge in [0, 0.05) is 0 Å². The molecule has 0 aromatic rings. The molecule has 5 heteroatoms. The van der Waals surface area contributed by atoms with Gasteiger partial charge < -0.3 is 49.6 Å². The Bertz CT molecular complexity index is 3.61. The minimum absolute atomic E-state index is 0. The fourth-order valence-corrected chi connectivity index (χ4v) is 0. The summed E-state index contributed by atoms with van der Waals surface area (Å²) in [6.45, 7) is 0. The summed E-state index contributed by atoms with van der Waals surface area (Å²) in [5.74, 6) is 0. The molecule has 0 aliphatic rings. The topological polar surface area (TPSA) is 0 Å². The van der Waals surface area contributed by atoms with E-state index in [0.717, 1.165) is 0 Å². The largest absolute Gasteiger partial charge is 1.00 e. The van der Waals surface area contributed by atoms with Gasteiger partial charge in [-0.2, -0.15) is 0 Å². The summed E-state index contributed by atoms with van der Waals surface area (Å²) in [6.07, 6.45) is 0. The second kappa shape index (κ2) is 29.2. The zero-order valence-corrected chi connectivity index (χ0v) is 8.66.